The van der Waals surface area contributed by atoms with Gasteiger partial charge in [0.25, 0.3) is 0 Å². The Hall–Kier alpha value is -0.940. The topological polar surface area (TPSA) is 62.4 Å². The van der Waals surface area contributed by atoms with Crippen molar-refractivity contribution in [1.82, 2.24) is 15.1 Å². The van der Waals surface area contributed by atoms with Crippen molar-refractivity contribution in [2.24, 2.45) is 5.92 Å². The van der Waals surface area contributed by atoms with Gasteiger partial charge in [0.1, 0.15) is 0 Å². The molecule has 0 radical (unpaired) electrons. The van der Waals surface area contributed by atoms with E-state index in [0.29, 0.717) is 17.7 Å². The molecule has 0 spiro atoms. The molecule has 0 aromatic carbocycles. The van der Waals surface area contributed by atoms with Crippen LogP contribution in [0.15, 0.2) is 4.42 Å². The maximum Gasteiger partial charge on any atom is 0.233 e. The second-order valence-electron chi connectivity index (χ2n) is 4.95. The van der Waals surface area contributed by atoms with Gasteiger partial charge in [-0.3, -0.25) is 4.90 Å². The fourth-order valence-electron chi connectivity index (χ4n) is 2.43. The number of aromatic nitrogens is 2. The minimum Gasteiger partial charge on any atom is -0.424 e. The number of aliphatic hydroxyl groups is 1. The lowest BCUT2D eigenvalue weighted by Gasteiger charge is -2.35. The summed E-state index contributed by atoms with van der Waals surface area (Å²) in [6.07, 6.45) is 1.88. The summed E-state index contributed by atoms with van der Waals surface area (Å²) in [6, 6.07) is 0.172. The molecule has 2 atom stereocenters. The van der Waals surface area contributed by atoms with Crippen LogP contribution in [-0.2, 0) is 0 Å². The highest BCUT2D eigenvalue weighted by atomic mass is 16.4. The van der Waals surface area contributed by atoms with Crippen LogP contribution in [0.5, 0.6) is 0 Å². The third-order valence-electron chi connectivity index (χ3n) is 3.70. The van der Waals surface area contributed by atoms with Crippen LogP contribution < -0.4 is 0 Å². The molecule has 1 aliphatic rings. The molecule has 5 nitrogen and oxygen atoms in total. The molecular formula is C12H21N3O2. The van der Waals surface area contributed by atoms with Crippen molar-refractivity contribution in [2.75, 3.05) is 13.1 Å². The third-order valence-corrected chi connectivity index (χ3v) is 3.70. The van der Waals surface area contributed by atoms with Crippen molar-refractivity contribution in [3.63, 3.8) is 0 Å². The zero-order valence-electron chi connectivity index (χ0n) is 10.8. The number of likely N-dealkylation sites (tertiary alicyclic amines) is 1. The van der Waals surface area contributed by atoms with Gasteiger partial charge >= 0.3 is 0 Å². The molecule has 2 unspecified atom stereocenters. The van der Waals surface area contributed by atoms with Crippen LogP contribution in [0.25, 0.3) is 0 Å². The van der Waals surface area contributed by atoms with Crippen LogP contribution in [0.4, 0.5) is 0 Å². The summed E-state index contributed by atoms with van der Waals surface area (Å²) in [5, 5.41) is 17.5. The SMILES string of the molecule is Cc1nnc(C(C)N2CCC(C(C)O)CC2)o1. The van der Waals surface area contributed by atoms with Gasteiger partial charge in [0.15, 0.2) is 0 Å². The Bertz CT molecular complexity index is 356. The standard InChI is InChI=1S/C12H21N3O2/c1-8(12-14-13-10(3)17-12)15-6-4-11(5-7-15)9(2)16/h8-9,11,16H,4-7H2,1-3H3. The normalized spacial score (nSPS) is 22.6. The number of piperidine rings is 1. The lowest BCUT2D eigenvalue weighted by atomic mass is 9.91. The number of hydrogen-bond acceptors (Lipinski definition) is 5. The zero-order valence-corrected chi connectivity index (χ0v) is 10.8. The van der Waals surface area contributed by atoms with Crippen LogP contribution in [0.3, 0.4) is 0 Å². The van der Waals surface area contributed by atoms with Gasteiger partial charge in [-0.05, 0) is 45.7 Å². The van der Waals surface area contributed by atoms with Crippen LogP contribution in [0.2, 0.25) is 0 Å². The molecule has 17 heavy (non-hydrogen) atoms. The van der Waals surface area contributed by atoms with Gasteiger partial charge in [-0.15, -0.1) is 10.2 Å². The van der Waals surface area contributed by atoms with Gasteiger partial charge in [0.05, 0.1) is 12.1 Å². The second kappa shape index (κ2) is 5.14. The molecule has 2 heterocycles. The van der Waals surface area contributed by atoms with Gasteiger partial charge in [0.2, 0.25) is 11.8 Å². The van der Waals surface area contributed by atoms with Crippen LogP contribution in [0, 0.1) is 12.8 Å². The van der Waals surface area contributed by atoms with E-state index in [2.05, 4.69) is 22.0 Å². The molecule has 0 aliphatic carbocycles. The van der Waals surface area contributed by atoms with Crippen LogP contribution >= 0.6 is 0 Å². The second-order valence-corrected chi connectivity index (χ2v) is 4.95. The van der Waals surface area contributed by atoms with E-state index >= 15 is 0 Å². The first-order valence-electron chi connectivity index (χ1n) is 6.30. The molecule has 0 saturated carbocycles. The molecule has 1 fully saturated rings. The monoisotopic (exact) mass is 239 g/mol. The fraction of sp³-hybridized carbons (Fsp3) is 0.833. The van der Waals surface area contributed by atoms with Crippen molar-refractivity contribution in [3.05, 3.63) is 11.8 Å². The average molecular weight is 239 g/mol. The Labute approximate surface area is 102 Å². The summed E-state index contributed by atoms with van der Waals surface area (Å²) < 4.78 is 5.46. The van der Waals surface area contributed by atoms with Crippen molar-refractivity contribution in [3.8, 4) is 0 Å². The minimum atomic E-state index is -0.196. The number of hydrogen-bond donors (Lipinski definition) is 1. The predicted molar refractivity (Wildman–Crippen MR) is 63.4 cm³/mol. The van der Waals surface area contributed by atoms with Gasteiger partial charge < -0.3 is 9.52 Å². The molecule has 1 saturated heterocycles. The first kappa shape index (κ1) is 12.5. The van der Waals surface area contributed by atoms with Gasteiger partial charge in [-0.2, -0.15) is 0 Å². The minimum absolute atomic E-state index is 0.172. The van der Waals surface area contributed by atoms with E-state index in [1.165, 1.54) is 0 Å². The van der Waals surface area contributed by atoms with E-state index in [1.54, 1.807) is 0 Å². The molecule has 1 N–H and O–H groups in total. The summed E-state index contributed by atoms with van der Waals surface area (Å²) in [7, 11) is 0. The molecule has 96 valence electrons. The quantitative estimate of drug-likeness (QED) is 0.866. The Morgan fingerprint density at radius 1 is 1.29 bits per heavy atom. The first-order chi connectivity index (χ1) is 8.08. The summed E-state index contributed by atoms with van der Waals surface area (Å²) in [5.41, 5.74) is 0. The Kier molecular flexibility index (Phi) is 3.79. The fourth-order valence-corrected chi connectivity index (χ4v) is 2.43. The predicted octanol–water partition coefficient (Wildman–Crippen LogP) is 1.53. The largest absolute Gasteiger partial charge is 0.424 e. The third kappa shape index (κ3) is 2.84. The Morgan fingerprint density at radius 2 is 1.94 bits per heavy atom. The Balaban J connectivity index is 1.92. The summed E-state index contributed by atoms with van der Waals surface area (Å²) >= 11 is 0. The molecule has 1 aromatic heterocycles. The number of aryl methyl sites for hydroxylation is 1. The smallest absolute Gasteiger partial charge is 0.233 e. The highest BCUT2D eigenvalue weighted by molar-refractivity contribution is 4.90. The van der Waals surface area contributed by atoms with Gasteiger partial charge in [-0.25, -0.2) is 0 Å². The maximum absolute atomic E-state index is 9.56. The van der Waals surface area contributed by atoms with E-state index in [1.807, 2.05) is 13.8 Å². The average Bonchev–Trinajstić information content (AvgIpc) is 2.75. The molecule has 5 heteroatoms. The lowest BCUT2D eigenvalue weighted by Crippen LogP contribution is -2.38. The van der Waals surface area contributed by atoms with Crippen molar-refractivity contribution < 1.29 is 9.52 Å². The van der Waals surface area contributed by atoms with Crippen molar-refractivity contribution in [1.29, 1.82) is 0 Å². The van der Waals surface area contributed by atoms with E-state index < -0.39 is 0 Å². The summed E-state index contributed by atoms with van der Waals surface area (Å²) in [5.74, 6) is 1.74. The molecule has 1 aromatic rings. The maximum atomic E-state index is 9.56. The van der Waals surface area contributed by atoms with E-state index in [-0.39, 0.29) is 12.1 Å². The number of nitrogens with zero attached hydrogens (tertiary/aromatic N) is 3. The number of rotatable bonds is 3. The summed E-state index contributed by atoms with van der Waals surface area (Å²) in [4.78, 5) is 2.34. The van der Waals surface area contributed by atoms with E-state index in [4.69, 9.17) is 4.42 Å². The highest BCUT2D eigenvalue weighted by Gasteiger charge is 2.27. The highest BCUT2D eigenvalue weighted by Crippen LogP contribution is 2.27. The van der Waals surface area contributed by atoms with Crippen molar-refractivity contribution >= 4 is 0 Å². The van der Waals surface area contributed by atoms with Crippen molar-refractivity contribution in [2.45, 2.75) is 45.8 Å². The first-order valence-corrected chi connectivity index (χ1v) is 6.30. The molecule has 0 amide bonds. The van der Waals surface area contributed by atoms with Crippen LogP contribution in [-0.4, -0.2) is 39.4 Å². The molecule has 2 rings (SSSR count). The summed E-state index contributed by atoms with van der Waals surface area (Å²) in [6.45, 7) is 7.75. The van der Waals surface area contributed by atoms with Crippen LogP contribution in [0.1, 0.15) is 44.5 Å². The number of aliphatic hydroxyl groups excluding tert-OH is 1. The zero-order chi connectivity index (χ0) is 12.4. The Morgan fingerprint density at radius 3 is 2.41 bits per heavy atom. The molecule has 0 bridgehead atoms. The van der Waals surface area contributed by atoms with Gasteiger partial charge in [0, 0.05) is 6.92 Å². The van der Waals surface area contributed by atoms with Gasteiger partial charge in [-0.1, -0.05) is 0 Å². The van der Waals surface area contributed by atoms with E-state index in [0.717, 1.165) is 25.9 Å². The molecule has 1 aliphatic heterocycles. The lowest BCUT2D eigenvalue weighted by molar-refractivity contribution is 0.0535. The van der Waals surface area contributed by atoms with E-state index in [9.17, 15) is 5.11 Å². The molecular weight excluding hydrogens is 218 g/mol.